The van der Waals surface area contributed by atoms with Crippen LogP contribution < -0.4 is 0 Å². The average Bonchev–Trinajstić information content (AvgIpc) is 2.82. The van der Waals surface area contributed by atoms with Crippen molar-refractivity contribution in [1.29, 1.82) is 0 Å². The molecule has 3 atom stereocenters. The standard InChI is InChI=1S/C23H40O10/c1-24-11-20-8-6-19(7-9-20)10-21(12-29-15-25-2)33-23(14-31-17-27-4)22(32-18-28-5)13-30-16-26-3/h6-9,21-23H,10-18H2,1-5H3/t21-,22-,23?/m0/s1. The summed E-state index contributed by atoms with van der Waals surface area (Å²) < 4.78 is 54.3. The van der Waals surface area contributed by atoms with Crippen LogP contribution in [0.15, 0.2) is 24.3 Å². The highest BCUT2D eigenvalue weighted by molar-refractivity contribution is 5.22. The fraction of sp³-hybridized carbons (Fsp3) is 0.739. The fourth-order valence-electron chi connectivity index (χ4n) is 3.01. The van der Waals surface area contributed by atoms with Crippen molar-refractivity contribution >= 4 is 0 Å². The van der Waals surface area contributed by atoms with E-state index in [9.17, 15) is 0 Å². The predicted molar refractivity (Wildman–Crippen MR) is 120 cm³/mol. The summed E-state index contributed by atoms with van der Waals surface area (Å²) in [5, 5.41) is 0. The molecule has 0 spiro atoms. The molecule has 0 bridgehead atoms. The third-order valence-corrected chi connectivity index (χ3v) is 4.45. The number of hydrogen-bond donors (Lipinski definition) is 0. The first-order chi connectivity index (χ1) is 16.2. The molecule has 0 radical (unpaired) electrons. The van der Waals surface area contributed by atoms with Gasteiger partial charge in [-0.25, -0.2) is 0 Å². The van der Waals surface area contributed by atoms with E-state index in [0.717, 1.165) is 11.1 Å². The third-order valence-electron chi connectivity index (χ3n) is 4.45. The Kier molecular flexibility index (Phi) is 18.3. The second-order valence-electron chi connectivity index (χ2n) is 7.19. The van der Waals surface area contributed by atoms with Crippen molar-refractivity contribution in [1.82, 2.24) is 0 Å². The maximum Gasteiger partial charge on any atom is 0.146 e. The summed E-state index contributed by atoms with van der Waals surface area (Å²) in [6.07, 6.45) is -0.615. The Balaban J connectivity index is 2.93. The second-order valence-corrected chi connectivity index (χ2v) is 7.19. The highest BCUT2D eigenvalue weighted by Gasteiger charge is 2.28. The van der Waals surface area contributed by atoms with E-state index < -0.39 is 12.2 Å². The Morgan fingerprint density at radius 1 is 0.576 bits per heavy atom. The van der Waals surface area contributed by atoms with Gasteiger partial charge in [0, 0.05) is 42.0 Å². The van der Waals surface area contributed by atoms with E-state index in [0.29, 0.717) is 19.6 Å². The lowest BCUT2D eigenvalue weighted by Gasteiger charge is -2.31. The van der Waals surface area contributed by atoms with E-state index in [1.807, 2.05) is 12.1 Å². The van der Waals surface area contributed by atoms with Gasteiger partial charge in [0.05, 0.1) is 32.5 Å². The van der Waals surface area contributed by atoms with Gasteiger partial charge in [0.1, 0.15) is 39.4 Å². The molecule has 0 aliphatic heterocycles. The van der Waals surface area contributed by atoms with Gasteiger partial charge in [-0.05, 0) is 11.1 Å². The number of rotatable bonds is 22. The maximum absolute atomic E-state index is 6.43. The summed E-state index contributed by atoms with van der Waals surface area (Å²) in [6, 6.07) is 8.18. The molecule has 1 unspecified atom stereocenters. The smallest absolute Gasteiger partial charge is 0.146 e. The van der Waals surface area contributed by atoms with Gasteiger partial charge >= 0.3 is 0 Å². The molecule has 0 aliphatic carbocycles. The van der Waals surface area contributed by atoms with Gasteiger partial charge in [-0.1, -0.05) is 24.3 Å². The van der Waals surface area contributed by atoms with Crippen molar-refractivity contribution < 1.29 is 47.4 Å². The van der Waals surface area contributed by atoms with Gasteiger partial charge in [-0.15, -0.1) is 0 Å². The Labute approximate surface area is 197 Å². The van der Waals surface area contributed by atoms with Gasteiger partial charge in [-0.2, -0.15) is 0 Å². The quantitative estimate of drug-likeness (QED) is 0.183. The zero-order chi connectivity index (χ0) is 24.2. The van der Waals surface area contributed by atoms with E-state index in [1.54, 1.807) is 35.5 Å². The monoisotopic (exact) mass is 476 g/mol. The first kappa shape index (κ1) is 29.9. The molecule has 1 aromatic carbocycles. The van der Waals surface area contributed by atoms with Crippen LogP contribution in [0.2, 0.25) is 0 Å². The van der Waals surface area contributed by atoms with Crippen LogP contribution in [0.25, 0.3) is 0 Å². The molecular formula is C23H40O10. The molecule has 0 fully saturated rings. The van der Waals surface area contributed by atoms with E-state index in [2.05, 4.69) is 12.1 Å². The van der Waals surface area contributed by atoms with Gasteiger partial charge in [0.2, 0.25) is 0 Å². The molecule has 0 heterocycles. The van der Waals surface area contributed by atoms with Crippen molar-refractivity contribution in [3.05, 3.63) is 35.4 Å². The minimum absolute atomic E-state index is 0.0803. The zero-order valence-electron chi connectivity index (χ0n) is 20.5. The molecule has 10 heteroatoms. The fourth-order valence-corrected chi connectivity index (χ4v) is 3.01. The number of benzene rings is 1. The van der Waals surface area contributed by atoms with Crippen molar-refractivity contribution in [2.45, 2.75) is 31.3 Å². The number of ether oxygens (including phenoxy) is 10. The number of hydrogen-bond acceptors (Lipinski definition) is 10. The molecule has 0 aromatic heterocycles. The topological polar surface area (TPSA) is 92.3 Å². The van der Waals surface area contributed by atoms with Crippen LogP contribution in [0, 0.1) is 0 Å². The van der Waals surface area contributed by atoms with Crippen LogP contribution in [0.3, 0.4) is 0 Å². The molecule has 1 rings (SSSR count). The summed E-state index contributed by atoms with van der Waals surface area (Å²) in [4.78, 5) is 0. The molecule has 0 saturated heterocycles. The van der Waals surface area contributed by atoms with Gasteiger partial charge in [0.15, 0.2) is 0 Å². The van der Waals surface area contributed by atoms with E-state index in [-0.39, 0.29) is 46.5 Å². The van der Waals surface area contributed by atoms with Gasteiger partial charge in [0.25, 0.3) is 0 Å². The lowest BCUT2D eigenvalue weighted by Crippen LogP contribution is -2.43. The van der Waals surface area contributed by atoms with Crippen LogP contribution in [0.5, 0.6) is 0 Å². The van der Waals surface area contributed by atoms with Crippen molar-refractivity contribution in [3.63, 3.8) is 0 Å². The van der Waals surface area contributed by atoms with Gasteiger partial charge in [-0.3, -0.25) is 0 Å². The molecule has 0 N–H and O–H groups in total. The highest BCUT2D eigenvalue weighted by Crippen LogP contribution is 2.15. The van der Waals surface area contributed by atoms with Crippen LogP contribution in [-0.4, -0.2) is 101 Å². The third kappa shape index (κ3) is 14.0. The Bertz CT molecular complexity index is 557. The minimum Gasteiger partial charge on any atom is -0.380 e. The second kappa shape index (κ2) is 20.2. The van der Waals surface area contributed by atoms with Crippen LogP contribution in [-0.2, 0) is 60.4 Å². The van der Waals surface area contributed by atoms with Crippen molar-refractivity contribution in [3.8, 4) is 0 Å². The summed E-state index contributed by atoms with van der Waals surface area (Å²) in [5.74, 6) is 0. The Hall–Kier alpha value is -1.18. The minimum atomic E-state index is -0.476. The molecule has 0 saturated carbocycles. The molecule has 10 nitrogen and oxygen atoms in total. The highest BCUT2D eigenvalue weighted by atomic mass is 16.7. The van der Waals surface area contributed by atoms with E-state index in [4.69, 9.17) is 47.4 Å². The average molecular weight is 477 g/mol. The largest absolute Gasteiger partial charge is 0.380 e. The van der Waals surface area contributed by atoms with Crippen molar-refractivity contribution in [2.75, 3.05) is 82.5 Å². The van der Waals surface area contributed by atoms with Crippen LogP contribution in [0.4, 0.5) is 0 Å². The summed E-state index contributed by atoms with van der Waals surface area (Å²) >= 11 is 0. The first-order valence-electron chi connectivity index (χ1n) is 10.7. The van der Waals surface area contributed by atoms with Crippen LogP contribution >= 0.6 is 0 Å². The van der Waals surface area contributed by atoms with E-state index >= 15 is 0 Å². The zero-order valence-corrected chi connectivity index (χ0v) is 20.5. The molecule has 0 amide bonds. The normalized spacial score (nSPS) is 14.3. The van der Waals surface area contributed by atoms with Crippen molar-refractivity contribution in [2.24, 2.45) is 0 Å². The lowest BCUT2D eigenvalue weighted by atomic mass is 10.1. The molecular weight excluding hydrogens is 436 g/mol. The summed E-state index contributed by atoms with van der Waals surface area (Å²) in [7, 11) is 7.93. The molecule has 0 aliphatic rings. The number of methoxy groups -OCH3 is 5. The SMILES string of the molecule is COCOCC(O[C@H](COCOC)Cc1ccc(COC)cc1)[C@H](COCOC)OCOC. The maximum atomic E-state index is 6.43. The molecule has 192 valence electrons. The predicted octanol–water partition coefficient (Wildman–Crippen LogP) is 1.98. The summed E-state index contributed by atoms with van der Waals surface area (Å²) in [5.41, 5.74) is 2.20. The molecule has 1 aromatic rings. The first-order valence-corrected chi connectivity index (χ1v) is 10.7. The van der Waals surface area contributed by atoms with E-state index in [1.165, 1.54) is 0 Å². The Morgan fingerprint density at radius 2 is 1.09 bits per heavy atom. The molecule has 33 heavy (non-hydrogen) atoms. The van der Waals surface area contributed by atoms with Gasteiger partial charge < -0.3 is 47.4 Å². The van der Waals surface area contributed by atoms with Crippen LogP contribution in [0.1, 0.15) is 11.1 Å². The summed E-state index contributed by atoms with van der Waals surface area (Å²) in [6.45, 7) is 1.85. The lowest BCUT2D eigenvalue weighted by molar-refractivity contribution is -0.199. The Morgan fingerprint density at radius 3 is 1.64 bits per heavy atom.